The molecule has 2 aliphatic rings. The molecule has 3 amide bonds. The lowest BCUT2D eigenvalue weighted by Crippen LogP contribution is -2.30. The van der Waals surface area contributed by atoms with E-state index in [1.54, 1.807) is 6.08 Å². The number of nitrogens with one attached hydrogen (secondary N) is 1. The second kappa shape index (κ2) is 9.15. The molecule has 0 radical (unpaired) electrons. The minimum Gasteiger partial charge on any atom is -0.463 e. The van der Waals surface area contributed by atoms with Crippen molar-refractivity contribution in [2.45, 2.75) is 20.0 Å². The maximum Gasteiger partial charge on any atom is 0.373 e. The fourth-order valence-corrected chi connectivity index (χ4v) is 4.75. The molecule has 38 heavy (non-hydrogen) atoms. The zero-order valence-electron chi connectivity index (χ0n) is 20.6. The van der Waals surface area contributed by atoms with Gasteiger partial charge in [0.05, 0.1) is 13.7 Å². The number of carbonyl (C=O) groups is 3. The Bertz CT molecular complexity index is 1650. The van der Waals surface area contributed by atoms with Gasteiger partial charge in [0.1, 0.15) is 11.5 Å². The standard InChI is InChI=1S/C28H23N3O7/c1-16-20(12-21-26(32)31(28(34)29-21)14-18-8-10-24(38-18)27(33)35-2)19-5-3-4-6-22(19)30(16)13-17-7-9-23-25(11-17)37-15-36-23/h3-12H,13-15H2,1-2H3,(H,29,34)/b21-12-. The summed E-state index contributed by atoms with van der Waals surface area (Å²) < 4.78 is 23.2. The topological polar surface area (TPSA) is 112 Å². The number of benzene rings is 2. The smallest absolute Gasteiger partial charge is 0.373 e. The molecule has 2 aromatic carbocycles. The average molecular weight is 514 g/mol. The maximum atomic E-state index is 13.2. The van der Waals surface area contributed by atoms with Gasteiger partial charge in [-0.25, -0.2) is 9.59 Å². The van der Waals surface area contributed by atoms with E-state index >= 15 is 0 Å². The maximum absolute atomic E-state index is 13.2. The van der Waals surface area contributed by atoms with Crippen molar-refractivity contribution in [3.63, 3.8) is 0 Å². The van der Waals surface area contributed by atoms with Gasteiger partial charge < -0.3 is 28.5 Å². The molecule has 0 atom stereocenters. The number of amides is 3. The first-order chi connectivity index (χ1) is 18.4. The van der Waals surface area contributed by atoms with Crippen LogP contribution in [0.5, 0.6) is 11.5 Å². The molecule has 0 spiro atoms. The molecule has 192 valence electrons. The number of para-hydroxylation sites is 1. The Morgan fingerprint density at radius 3 is 2.71 bits per heavy atom. The van der Waals surface area contributed by atoms with E-state index in [0.29, 0.717) is 12.3 Å². The van der Waals surface area contributed by atoms with Crippen LogP contribution in [0.15, 0.2) is 64.7 Å². The lowest BCUT2D eigenvalue weighted by atomic mass is 10.1. The SMILES string of the molecule is COC(=O)c1ccc(CN2C(=O)N/C(=C\c3c(C)n(Cc4ccc5c(c4)OCO5)c4ccccc34)C2=O)o1. The van der Waals surface area contributed by atoms with Gasteiger partial charge in [-0.05, 0) is 48.9 Å². The molecule has 0 unspecified atom stereocenters. The summed E-state index contributed by atoms with van der Waals surface area (Å²) in [6.45, 7) is 2.66. The van der Waals surface area contributed by atoms with E-state index in [4.69, 9.17) is 13.9 Å². The number of nitrogens with zero attached hydrogens (tertiary/aromatic N) is 2. The van der Waals surface area contributed by atoms with Gasteiger partial charge in [0.25, 0.3) is 5.91 Å². The second-order valence-corrected chi connectivity index (χ2v) is 8.93. The Morgan fingerprint density at radius 2 is 1.87 bits per heavy atom. The number of aromatic nitrogens is 1. The van der Waals surface area contributed by atoms with Crippen LogP contribution in [0.3, 0.4) is 0 Å². The third-order valence-corrected chi connectivity index (χ3v) is 6.67. The van der Waals surface area contributed by atoms with Gasteiger partial charge in [0.2, 0.25) is 12.6 Å². The minimum absolute atomic E-state index is 0.00351. The first kappa shape index (κ1) is 23.4. The van der Waals surface area contributed by atoms with Crippen LogP contribution < -0.4 is 14.8 Å². The average Bonchev–Trinajstić information content (AvgIpc) is 3.70. The quantitative estimate of drug-likeness (QED) is 0.234. The highest BCUT2D eigenvalue weighted by Gasteiger charge is 2.35. The number of fused-ring (bicyclic) bond motifs is 2. The summed E-state index contributed by atoms with van der Waals surface area (Å²) in [4.78, 5) is 38.5. The van der Waals surface area contributed by atoms with E-state index in [-0.39, 0.29) is 30.6 Å². The Kier molecular flexibility index (Phi) is 5.64. The van der Waals surface area contributed by atoms with Gasteiger partial charge >= 0.3 is 12.0 Å². The summed E-state index contributed by atoms with van der Waals surface area (Å²) in [6, 6.07) is 16.2. The van der Waals surface area contributed by atoms with Gasteiger partial charge in [-0.1, -0.05) is 24.3 Å². The van der Waals surface area contributed by atoms with Crippen molar-refractivity contribution in [3.8, 4) is 11.5 Å². The molecule has 10 heteroatoms. The number of urea groups is 1. The molecule has 0 bridgehead atoms. The fourth-order valence-electron chi connectivity index (χ4n) is 4.75. The zero-order chi connectivity index (χ0) is 26.4. The van der Waals surface area contributed by atoms with Crippen LogP contribution in [0.2, 0.25) is 0 Å². The van der Waals surface area contributed by atoms with Crippen molar-refractivity contribution >= 4 is 34.9 Å². The highest BCUT2D eigenvalue weighted by molar-refractivity contribution is 6.14. The molecule has 2 aliphatic heterocycles. The van der Waals surface area contributed by atoms with Gasteiger partial charge in [0.15, 0.2) is 11.5 Å². The van der Waals surface area contributed by atoms with E-state index in [0.717, 1.165) is 38.4 Å². The summed E-state index contributed by atoms with van der Waals surface area (Å²) in [5.41, 5.74) is 3.96. The van der Waals surface area contributed by atoms with E-state index in [9.17, 15) is 14.4 Å². The number of hydrogen-bond donors (Lipinski definition) is 1. The summed E-state index contributed by atoms with van der Waals surface area (Å²) in [5.74, 6) is 0.598. The molecule has 10 nitrogen and oxygen atoms in total. The largest absolute Gasteiger partial charge is 0.463 e. The molecular formula is C28H23N3O7. The number of hydrogen-bond acceptors (Lipinski definition) is 7. The zero-order valence-corrected chi connectivity index (χ0v) is 20.6. The first-order valence-corrected chi connectivity index (χ1v) is 11.9. The van der Waals surface area contributed by atoms with Crippen molar-refractivity contribution in [2.75, 3.05) is 13.9 Å². The first-order valence-electron chi connectivity index (χ1n) is 11.9. The molecule has 1 saturated heterocycles. The van der Waals surface area contributed by atoms with Crippen LogP contribution in [0.4, 0.5) is 4.79 Å². The monoisotopic (exact) mass is 513 g/mol. The Balaban J connectivity index is 1.31. The van der Waals surface area contributed by atoms with Crippen LogP contribution in [0.25, 0.3) is 17.0 Å². The molecule has 2 aromatic heterocycles. The van der Waals surface area contributed by atoms with Crippen molar-refractivity contribution in [1.82, 2.24) is 14.8 Å². The number of furan rings is 1. The lowest BCUT2D eigenvalue weighted by molar-refractivity contribution is -0.123. The minimum atomic E-state index is -0.637. The molecule has 4 heterocycles. The van der Waals surface area contributed by atoms with E-state index in [1.165, 1.54) is 19.2 Å². The van der Waals surface area contributed by atoms with E-state index in [1.807, 2.05) is 49.4 Å². The lowest BCUT2D eigenvalue weighted by Gasteiger charge is -2.10. The molecule has 4 aromatic rings. The fraction of sp³-hybridized carbons (Fsp3) is 0.179. The number of methoxy groups -OCH3 is 1. The van der Waals surface area contributed by atoms with Gasteiger partial charge in [-0.2, -0.15) is 0 Å². The molecule has 0 aliphatic carbocycles. The molecule has 1 N–H and O–H groups in total. The molecule has 1 fully saturated rings. The van der Waals surface area contributed by atoms with Crippen molar-refractivity contribution in [3.05, 3.63) is 88.6 Å². The van der Waals surface area contributed by atoms with Crippen LogP contribution in [0.1, 0.15) is 33.1 Å². The number of rotatable bonds is 6. The Labute approximate surface area is 217 Å². The van der Waals surface area contributed by atoms with Crippen LogP contribution in [0, 0.1) is 6.92 Å². The van der Waals surface area contributed by atoms with Crippen LogP contribution in [-0.2, 0) is 22.6 Å². The van der Waals surface area contributed by atoms with Gasteiger partial charge in [0, 0.05) is 28.7 Å². The number of esters is 1. The van der Waals surface area contributed by atoms with E-state index in [2.05, 4.69) is 14.6 Å². The van der Waals surface area contributed by atoms with Crippen LogP contribution in [-0.4, -0.2) is 41.3 Å². The highest BCUT2D eigenvalue weighted by Crippen LogP contribution is 2.34. The Hall–Kier alpha value is -4.99. The molecule has 6 rings (SSSR count). The predicted molar refractivity (Wildman–Crippen MR) is 135 cm³/mol. The summed E-state index contributed by atoms with van der Waals surface area (Å²) in [6.07, 6.45) is 1.70. The van der Waals surface area contributed by atoms with Gasteiger partial charge in [-0.3, -0.25) is 9.69 Å². The summed E-state index contributed by atoms with van der Waals surface area (Å²) >= 11 is 0. The second-order valence-electron chi connectivity index (χ2n) is 8.93. The highest BCUT2D eigenvalue weighted by atomic mass is 16.7. The predicted octanol–water partition coefficient (Wildman–Crippen LogP) is 4.20. The number of imide groups is 1. The van der Waals surface area contributed by atoms with Gasteiger partial charge in [-0.15, -0.1) is 0 Å². The Morgan fingerprint density at radius 1 is 1.05 bits per heavy atom. The number of ether oxygens (including phenoxy) is 3. The van der Waals surface area contributed by atoms with Crippen molar-refractivity contribution in [1.29, 1.82) is 0 Å². The molecule has 0 saturated carbocycles. The third kappa shape index (κ3) is 3.96. The normalized spacial score (nSPS) is 15.5. The van der Waals surface area contributed by atoms with Crippen molar-refractivity contribution in [2.24, 2.45) is 0 Å². The summed E-state index contributed by atoms with van der Waals surface area (Å²) in [7, 11) is 1.24. The third-order valence-electron chi connectivity index (χ3n) is 6.67. The van der Waals surface area contributed by atoms with Crippen molar-refractivity contribution < 1.29 is 33.0 Å². The van der Waals surface area contributed by atoms with Crippen LogP contribution >= 0.6 is 0 Å². The molecular weight excluding hydrogens is 490 g/mol. The van der Waals surface area contributed by atoms with E-state index < -0.39 is 17.9 Å². The number of carbonyl (C=O) groups excluding carboxylic acids is 3. The summed E-state index contributed by atoms with van der Waals surface area (Å²) in [5, 5.41) is 3.62.